The fourth-order valence-corrected chi connectivity index (χ4v) is 4.94. The quantitative estimate of drug-likeness (QED) is 0.453. The Morgan fingerprint density at radius 3 is 2.70 bits per heavy atom. The van der Waals surface area contributed by atoms with Crippen molar-refractivity contribution in [2.45, 2.75) is 35.3 Å². The highest BCUT2D eigenvalue weighted by Gasteiger charge is 2.30. The molecule has 30 heavy (non-hydrogen) atoms. The lowest BCUT2D eigenvalue weighted by Crippen LogP contribution is -2.48. The summed E-state index contributed by atoms with van der Waals surface area (Å²) >= 11 is 2.15. The van der Waals surface area contributed by atoms with Crippen LogP contribution in [0.1, 0.15) is 25.7 Å². The van der Waals surface area contributed by atoms with Gasteiger partial charge >= 0.3 is 12.0 Å². The molecule has 3 rings (SSSR count). The summed E-state index contributed by atoms with van der Waals surface area (Å²) in [5.74, 6) is -3.83. The van der Waals surface area contributed by atoms with E-state index >= 15 is 0 Å². The first-order valence-corrected chi connectivity index (χ1v) is 11.0. The molecule has 2 amide bonds. The van der Waals surface area contributed by atoms with Crippen LogP contribution in [-0.4, -0.2) is 41.1 Å². The number of anilines is 1. The van der Waals surface area contributed by atoms with E-state index in [-0.39, 0.29) is 23.9 Å². The van der Waals surface area contributed by atoms with Crippen molar-refractivity contribution in [3.8, 4) is 5.75 Å². The normalized spacial score (nSPS) is 15.0. The molecular weight excluding hydrogens is 436 g/mol. The molecule has 1 aliphatic carbocycles. The lowest BCUT2D eigenvalue weighted by molar-refractivity contribution is -0.136. The molecule has 1 aliphatic rings. The zero-order valence-corrected chi connectivity index (χ0v) is 17.8. The van der Waals surface area contributed by atoms with Crippen molar-refractivity contribution in [1.82, 2.24) is 10.3 Å². The third kappa shape index (κ3) is 5.20. The Bertz CT molecular complexity index is 892. The number of aromatic nitrogens is 1. The summed E-state index contributed by atoms with van der Waals surface area (Å²) in [6.45, 7) is 0.159. The number of hydrogen-bond acceptors (Lipinski definition) is 6. The Kier molecular flexibility index (Phi) is 7.48. The van der Waals surface area contributed by atoms with Crippen LogP contribution in [0.3, 0.4) is 0 Å². The van der Waals surface area contributed by atoms with Gasteiger partial charge < -0.3 is 15.2 Å². The molecule has 1 fully saturated rings. The molecule has 162 valence electrons. The predicted molar refractivity (Wildman–Crippen MR) is 110 cm³/mol. The van der Waals surface area contributed by atoms with Gasteiger partial charge in [-0.15, -0.1) is 11.3 Å². The molecule has 1 aromatic heterocycles. The first-order chi connectivity index (χ1) is 14.4. The monoisotopic (exact) mass is 457 g/mol. The van der Waals surface area contributed by atoms with Gasteiger partial charge in [0.15, 0.2) is 16.9 Å². The highest BCUT2D eigenvalue weighted by molar-refractivity contribution is 8.02. The van der Waals surface area contributed by atoms with Gasteiger partial charge in [0.25, 0.3) is 0 Å². The van der Waals surface area contributed by atoms with E-state index in [1.54, 1.807) is 5.51 Å². The Morgan fingerprint density at radius 2 is 2.10 bits per heavy atom. The van der Waals surface area contributed by atoms with Gasteiger partial charge in [0, 0.05) is 6.54 Å². The Labute approximate surface area is 180 Å². The van der Waals surface area contributed by atoms with Crippen molar-refractivity contribution in [2.24, 2.45) is 5.92 Å². The van der Waals surface area contributed by atoms with E-state index < -0.39 is 29.0 Å². The van der Waals surface area contributed by atoms with Crippen LogP contribution < -0.4 is 15.0 Å². The van der Waals surface area contributed by atoms with Gasteiger partial charge in [0.05, 0.1) is 28.7 Å². The van der Waals surface area contributed by atoms with Crippen LogP contribution in [0.5, 0.6) is 5.75 Å². The fourth-order valence-electron chi connectivity index (χ4n) is 3.34. The van der Waals surface area contributed by atoms with Crippen LogP contribution >= 0.6 is 23.1 Å². The van der Waals surface area contributed by atoms with Crippen LogP contribution in [0.4, 0.5) is 19.3 Å². The number of thiazole rings is 1. The number of nitrogens with zero attached hydrogens (tertiary/aromatic N) is 2. The van der Waals surface area contributed by atoms with Crippen molar-refractivity contribution in [3.05, 3.63) is 35.5 Å². The summed E-state index contributed by atoms with van der Waals surface area (Å²) in [7, 11) is 1.22. The van der Waals surface area contributed by atoms with Gasteiger partial charge in [-0.1, -0.05) is 24.6 Å². The number of carbonyl (C=O) groups is 2. The van der Waals surface area contributed by atoms with E-state index in [1.165, 1.54) is 36.8 Å². The van der Waals surface area contributed by atoms with Gasteiger partial charge in [-0.3, -0.25) is 9.88 Å². The SMILES string of the molecule is COc1ccc(N(CC2CCCC2)C(=O)NC(Sc2cncs2)C(=O)O)c(F)c1F. The van der Waals surface area contributed by atoms with E-state index in [4.69, 9.17) is 4.74 Å². The molecule has 1 unspecified atom stereocenters. The predicted octanol–water partition coefficient (Wildman–Crippen LogP) is 4.34. The number of thioether (sulfide) groups is 1. The van der Waals surface area contributed by atoms with Crippen molar-refractivity contribution in [2.75, 3.05) is 18.6 Å². The maximum atomic E-state index is 14.7. The molecule has 0 bridgehead atoms. The summed E-state index contributed by atoms with van der Waals surface area (Å²) in [4.78, 5) is 29.6. The van der Waals surface area contributed by atoms with Crippen molar-refractivity contribution >= 4 is 40.8 Å². The van der Waals surface area contributed by atoms with Gasteiger partial charge in [-0.25, -0.2) is 14.0 Å². The van der Waals surface area contributed by atoms with Crippen LogP contribution in [0.2, 0.25) is 0 Å². The maximum Gasteiger partial charge on any atom is 0.337 e. The minimum atomic E-state index is -1.31. The average molecular weight is 458 g/mol. The number of amides is 2. The first kappa shape index (κ1) is 22.3. The van der Waals surface area contributed by atoms with E-state index in [0.29, 0.717) is 4.21 Å². The number of carboxylic acids is 1. The van der Waals surface area contributed by atoms with E-state index in [0.717, 1.165) is 42.3 Å². The van der Waals surface area contributed by atoms with Crippen LogP contribution in [0, 0.1) is 17.6 Å². The number of carboxylic acid groups (broad SMARTS) is 1. The third-order valence-electron chi connectivity index (χ3n) is 4.82. The average Bonchev–Trinajstić information content (AvgIpc) is 3.42. The number of nitrogens with one attached hydrogen (secondary N) is 1. The number of benzene rings is 1. The second-order valence-electron chi connectivity index (χ2n) is 6.78. The smallest absolute Gasteiger partial charge is 0.337 e. The number of hydrogen-bond donors (Lipinski definition) is 2. The van der Waals surface area contributed by atoms with Gasteiger partial charge in [0.1, 0.15) is 0 Å². The molecular formula is C19H21F2N3O4S2. The molecule has 1 heterocycles. The molecule has 11 heteroatoms. The second kappa shape index (κ2) is 10.1. The summed E-state index contributed by atoms with van der Waals surface area (Å²) in [5, 5.41) is 10.6. The van der Waals surface area contributed by atoms with Crippen molar-refractivity contribution < 1.29 is 28.2 Å². The molecule has 2 N–H and O–H groups in total. The van der Waals surface area contributed by atoms with Crippen molar-refractivity contribution in [3.63, 3.8) is 0 Å². The molecule has 1 saturated carbocycles. The molecule has 7 nitrogen and oxygen atoms in total. The highest BCUT2D eigenvalue weighted by atomic mass is 32.2. The van der Waals surface area contributed by atoms with Gasteiger partial charge in [-0.2, -0.15) is 4.39 Å². The Hall–Kier alpha value is -2.40. The zero-order chi connectivity index (χ0) is 21.7. The summed E-state index contributed by atoms with van der Waals surface area (Å²) in [6, 6.07) is 1.69. The minimum absolute atomic E-state index is 0.123. The van der Waals surface area contributed by atoms with Crippen LogP contribution in [0.25, 0.3) is 0 Å². The van der Waals surface area contributed by atoms with Gasteiger partial charge in [0.2, 0.25) is 5.82 Å². The molecule has 1 atom stereocenters. The molecule has 0 radical (unpaired) electrons. The standard InChI is InChI=1S/C19H21F2N3O4S2/c1-28-13-7-6-12(15(20)16(13)21)24(9-11-4-2-3-5-11)19(27)23-17(18(25)26)30-14-8-22-10-29-14/h6-8,10-11,17H,2-5,9H2,1H3,(H,23,27)(H,25,26). The number of halogens is 2. The largest absolute Gasteiger partial charge is 0.494 e. The lowest BCUT2D eigenvalue weighted by atomic mass is 10.1. The number of methoxy groups -OCH3 is 1. The zero-order valence-electron chi connectivity index (χ0n) is 16.1. The van der Waals surface area contributed by atoms with Crippen LogP contribution in [-0.2, 0) is 4.79 Å². The van der Waals surface area contributed by atoms with Crippen LogP contribution in [0.15, 0.2) is 28.0 Å². The summed E-state index contributed by atoms with van der Waals surface area (Å²) in [5.41, 5.74) is 1.29. The Morgan fingerprint density at radius 1 is 1.37 bits per heavy atom. The topological polar surface area (TPSA) is 91.8 Å². The number of urea groups is 1. The van der Waals surface area contributed by atoms with Gasteiger partial charge in [-0.05, 0) is 30.9 Å². The summed E-state index contributed by atoms with van der Waals surface area (Å²) in [6.07, 6.45) is 5.22. The molecule has 2 aromatic rings. The van der Waals surface area contributed by atoms with Crippen molar-refractivity contribution in [1.29, 1.82) is 0 Å². The number of carbonyl (C=O) groups excluding carboxylic acids is 1. The minimum Gasteiger partial charge on any atom is -0.494 e. The lowest BCUT2D eigenvalue weighted by Gasteiger charge is -2.28. The molecule has 0 aliphatic heterocycles. The Balaban J connectivity index is 1.86. The maximum absolute atomic E-state index is 14.7. The van der Waals surface area contributed by atoms with E-state index in [2.05, 4.69) is 10.3 Å². The van der Waals surface area contributed by atoms with E-state index in [9.17, 15) is 23.5 Å². The third-order valence-corrected chi connectivity index (χ3v) is 6.86. The fraction of sp³-hybridized carbons (Fsp3) is 0.421. The molecule has 0 spiro atoms. The number of ether oxygens (including phenoxy) is 1. The number of aliphatic carboxylic acids is 1. The molecule has 0 saturated heterocycles. The second-order valence-corrected chi connectivity index (χ2v) is 9.07. The highest BCUT2D eigenvalue weighted by Crippen LogP contribution is 2.32. The van der Waals surface area contributed by atoms with E-state index in [1.807, 2.05) is 0 Å². The molecule has 1 aromatic carbocycles. The first-order valence-electron chi connectivity index (χ1n) is 9.28. The number of rotatable bonds is 8. The summed E-state index contributed by atoms with van der Waals surface area (Å²) < 4.78 is 34.4.